The van der Waals surface area contributed by atoms with Crippen molar-refractivity contribution >= 4 is 12.0 Å². The second-order valence-corrected chi connectivity index (χ2v) is 6.31. The molecule has 0 unspecified atom stereocenters. The molecule has 1 heterocycles. The number of amides is 1. The van der Waals surface area contributed by atoms with Crippen molar-refractivity contribution in [3.8, 4) is 5.75 Å². The van der Waals surface area contributed by atoms with Crippen LogP contribution in [0.1, 0.15) is 30.5 Å². The van der Waals surface area contributed by atoms with E-state index in [9.17, 15) is 9.90 Å². The summed E-state index contributed by atoms with van der Waals surface area (Å²) in [6.07, 6.45) is 7.50. The maximum absolute atomic E-state index is 11.8. The fourth-order valence-electron chi connectivity index (χ4n) is 2.56. The summed E-state index contributed by atoms with van der Waals surface area (Å²) in [6.45, 7) is 0.734. The van der Waals surface area contributed by atoms with Gasteiger partial charge in [-0.2, -0.15) is 0 Å². The van der Waals surface area contributed by atoms with E-state index in [4.69, 9.17) is 4.74 Å². The molecule has 1 fully saturated rings. The Kier molecular flexibility index (Phi) is 5.46. The van der Waals surface area contributed by atoms with Gasteiger partial charge in [0.25, 0.3) is 0 Å². The van der Waals surface area contributed by atoms with Crippen LogP contribution in [0.2, 0.25) is 0 Å². The summed E-state index contributed by atoms with van der Waals surface area (Å²) in [5.41, 5.74) is 1.08. The lowest BCUT2D eigenvalue weighted by Gasteiger charge is -2.36. The number of nitrogens with zero attached hydrogens (tertiary/aromatic N) is 1. The van der Waals surface area contributed by atoms with Crippen molar-refractivity contribution in [2.45, 2.75) is 31.5 Å². The number of aromatic nitrogens is 1. The van der Waals surface area contributed by atoms with E-state index in [0.29, 0.717) is 13.2 Å². The highest BCUT2D eigenvalue weighted by Gasteiger charge is 2.34. The first-order valence-corrected chi connectivity index (χ1v) is 8.44. The van der Waals surface area contributed by atoms with Crippen LogP contribution in [0.15, 0.2) is 54.7 Å². The number of aliphatic hydroxyl groups is 1. The number of hydrogen-bond acceptors (Lipinski definition) is 4. The average molecular weight is 338 g/mol. The van der Waals surface area contributed by atoms with Gasteiger partial charge < -0.3 is 15.2 Å². The Bertz CT molecular complexity index is 722. The maximum Gasteiger partial charge on any atom is 0.244 e. The highest BCUT2D eigenvalue weighted by atomic mass is 16.5. The van der Waals surface area contributed by atoms with Crippen LogP contribution in [-0.2, 0) is 11.4 Å². The van der Waals surface area contributed by atoms with Gasteiger partial charge in [0.2, 0.25) is 5.91 Å². The summed E-state index contributed by atoms with van der Waals surface area (Å²) in [6, 6.07) is 13.2. The zero-order valence-corrected chi connectivity index (χ0v) is 14.0. The lowest BCUT2D eigenvalue weighted by molar-refractivity contribution is -0.118. The molecule has 25 heavy (non-hydrogen) atoms. The second-order valence-electron chi connectivity index (χ2n) is 6.31. The molecule has 3 rings (SSSR count). The van der Waals surface area contributed by atoms with Gasteiger partial charge >= 0.3 is 0 Å². The molecule has 130 valence electrons. The quantitative estimate of drug-likeness (QED) is 0.762. The number of ether oxygens (including phenoxy) is 1. The molecule has 1 amide bonds. The van der Waals surface area contributed by atoms with Gasteiger partial charge in [-0.15, -0.1) is 0 Å². The normalized spacial score (nSPS) is 15.6. The van der Waals surface area contributed by atoms with E-state index in [0.717, 1.165) is 36.3 Å². The van der Waals surface area contributed by atoms with Gasteiger partial charge in [-0.25, -0.2) is 0 Å². The molecule has 0 radical (unpaired) electrons. The molecule has 1 aliphatic rings. The van der Waals surface area contributed by atoms with Gasteiger partial charge in [-0.1, -0.05) is 18.2 Å². The molecule has 0 spiro atoms. The third-order valence-corrected chi connectivity index (χ3v) is 4.30. The molecule has 0 bridgehead atoms. The van der Waals surface area contributed by atoms with Crippen LogP contribution >= 0.6 is 0 Å². The van der Waals surface area contributed by atoms with Crippen molar-refractivity contribution in [2.75, 3.05) is 6.54 Å². The van der Waals surface area contributed by atoms with Crippen LogP contribution < -0.4 is 10.1 Å². The third kappa shape index (κ3) is 5.16. The number of nitrogens with one attached hydrogen (secondary N) is 1. The van der Waals surface area contributed by atoms with Crippen LogP contribution in [0.25, 0.3) is 6.08 Å². The Morgan fingerprint density at radius 1 is 1.24 bits per heavy atom. The highest BCUT2D eigenvalue weighted by Crippen LogP contribution is 2.30. The molecular formula is C20H22N2O3. The minimum Gasteiger partial charge on any atom is -0.487 e. The molecule has 1 aromatic carbocycles. The minimum atomic E-state index is -0.698. The molecule has 1 saturated carbocycles. The van der Waals surface area contributed by atoms with Crippen molar-refractivity contribution in [1.82, 2.24) is 10.3 Å². The zero-order valence-electron chi connectivity index (χ0n) is 14.0. The van der Waals surface area contributed by atoms with Crippen LogP contribution in [0.4, 0.5) is 0 Å². The number of hydrogen-bond donors (Lipinski definition) is 2. The van der Waals surface area contributed by atoms with Gasteiger partial charge in [0.1, 0.15) is 12.4 Å². The number of carbonyl (C=O) groups excluding carboxylic acids is 1. The Balaban J connectivity index is 1.45. The van der Waals surface area contributed by atoms with Crippen LogP contribution in [0.3, 0.4) is 0 Å². The van der Waals surface area contributed by atoms with Gasteiger partial charge in [-0.3, -0.25) is 9.78 Å². The fourth-order valence-corrected chi connectivity index (χ4v) is 2.56. The van der Waals surface area contributed by atoms with Crippen molar-refractivity contribution in [3.05, 3.63) is 66.0 Å². The van der Waals surface area contributed by atoms with Gasteiger partial charge in [-0.05, 0) is 55.2 Å². The lowest BCUT2D eigenvalue weighted by atomic mass is 9.80. The van der Waals surface area contributed by atoms with Gasteiger partial charge in [0, 0.05) is 18.8 Å². The summed E-state index contributed by atoms with van der Waals surface area (Å²) < 4.78 is 5.67. The molecule has 1 aromatic heterocycles. The molecule has 1 aliphatic carbocycles. The van der Waals surface area contributed by atoms with E-state index in [1.54, 1.807) is 12.3 Å². The lowest BCUT2D eigenvalue weighted by Crippen LogP contribution is -2.47. The van der Waals surface area contributed by atoms with E-state index in [2.05, 4.69) is 10.3 Å². The molecule has 0 aliphatic heterocycles. The summed E-state index contributed by atoms with van der Waals surface area (Å²) in [5.74, 6) is 0.551. The van der Waals surface area contributed by atoms with E-state index >= 15 is 0 Å². The first-order valence-electron chi connectivity index (χ1n) is 8.44. The minimum absolute atomic E-state index is 0.198. The number of carbonyl (C=O) groups is 1. The third-order valence-electron chi connectivity index (χ3n) is 4.30. The predicted molar refractivity (Wildman–Crippen MR) is 95.9 cm³/mol. The van der Waals surface area contributed by atoms with Crippen molar-refractivity contribution in [2.24, 2.45) is 0 Å². The summed E-state index contributed by atoms with van der Waals surface area (Å²) in [5, 5.41) is 12.7. The van der Waals surface area contributed by atoms with E-state index in [1.165, 1.54) is 6.08 Å². The smallest absolute Gasteiger partial charge is 0.244 e. The van der Waals surface area contributed by atoms with Crippen molar-refractivity contribution in [3.63, 3.8) is 0 Å². The highest BCUT2D eigenvalue weighted by molar-refractivity contribution is 5.91. The summed E-state index contributed by atoms with van der Waals surface area (Å²) in [7, 11) is 0. The molecule has 5 nitrogen and oxygen atoms in total. The number of pyridine rings is 1. The van der Waals surface area contributed by atoms with Crippen molar-refractivity contribution < 1.29 is 14.6 Å². The van der Waals surface area contributed by atoms with Crippen LogP contribution in [0.5, 0.6) is 5.75 Å². The molecule has 0 saturated heterocycles. The van der Waals surface area contributed by atoms with Gasteiger partial charge in [0.15, 0.2) is 0 Å². The summed E-state index contributed by atoms with van der Waals surface area (Å²) >= 11 is 0. The van der Waals surface area contributed by atoms with E-state index in [1.807, 2.05) is 42.5 Å². The Labute approximate surface area is 147 Å². The molecule has 5 heteroatoms. The molecule has 0 atom stereocenters. The Morgan fingerprint density at radius 2 is 2.04 bits per heavy atom. The average Bonchev–Trinajstić information content (AvgIpc) is 2.63. The first-order chi connectivity index (χ1) is 12.1. The second kappa shape index (κ2) is 7.94. The number of rotatable bonds is 7. The maximum atomic E-state index is 11.8. The van der Waals surface area contributed by atoms with Crippen LogP contribution in [-0.4, -0.2) is 28.1 Å². The molecule has 2 aromatic rings. The van der Waals surface area contributed by atoms with E-state index < -0.39 is 5.60 Å². The molecule has 2 N–H and O–H groups in total. The largest absolute Gasteiger partial charge is 0.487 e. The standard InChI is InChI=1S/C20H22N2O3/c23-19(22-15-20(24)11-3-12-20)10-7-16-5-8-18(9-6-16)25-14-17-4-1-2-13-21-17/h1-2,4-10,13,24H,3,11-12,14-15H2,(H,22,23). The van der Waals surface area contributed by atoms with Crippen molar-refractivity contribution in [1.29, 1.82) is 0 Å². The summed E-state index contributed by atoms with van der Waals surface area (Å²) in [4.78, 5) is 16.0. The first kappa shape index (κ1) is 17.2. The Hall–Kier alpha value is -2.66. The zero-order chi connectivity index (χ0) is 17.5. The predicted octanol–water partition coefficient (Wildman–Crippen LogP) is 2.71. The Morgan fingerprint density at radius 3 is 2.68 bits per heavy atom. The topological polar surface area (TPSA) is 71.5 Å². The van der Waals surface area contributed by atoms with E-state index in [-0.39, 0.29) is 5.91 Å². The SMILES string of the molecule is O=C(C=Cc1ccc(OCc2ccccn2)cc1)NCC1(O)CCC1. The fraction of sp³-hybridized carbons (Fsp3) is 0.300. The monoisotopic (exact) mass is 338 g/mol. The van der Waals surface area contributed by atoms with Gasteiger partial charge in [0.05, 0.1) is 11.3 Å². The number of benzene rings is 1. The van der Waals surface area contributed by atoms with Crippen LogP contribution in [0, 0.1) is 0 Å². The molecular weight excluding hydrogens is 316 g/mol.